The number of alkyl halides is 2. The van der Waals surface area contributed by atoms with Gasteiger partial charge < -0.3 is 15.0 Å². The van der Waals surface area contributed by atoms with E-state index in [-0.39, 0.29) is 30.7 Å². The third-order valence-electron chi connectivity index (χ3n) is 4.93. The molecule has 2 aliphatic rings. The molecule has 2 aliphatic heterocycles. The summed E-state index contributed by atoms with van der Waals surface area (Å²) >= 11 is 0. The Labute approximate surface area is 145 Å². The number of nitrogens with one attached hydrogen (secondary N) is 1. The first-order valence-corrected chi connectivity index (χ1v) is 8.73. The van der Waals surface area contributed by atoms with E-state index in [0.29, 0.717) is 25.6 Å². The van der Waals surface area contributed by atoms with Gasteiger partial charge in [0.1, 0.15) is 5.82 Å². The van der Waals surface area contributed by atoms with Crippen LogP contribution in [0.15, 0.2) is 12.1 Å². The third kappa shape index (κ3) is 4.62. The molecule has 1 aromatic heterocycles. The molecule has 1 atom stereocenters. The molecule has 3 heterocycles. The van der Waals surface area contributed by atoms with Crippen molar-refractivity contribution >= 4 is 11.7 Å². The van der Waals surface area contributed by atoms with E-state index >= 15 is 0 Å². The SMILES string of the molecule is Cc1ccc(NCC(C(=O)N2CCC(F)(F)C2)C2CCOCC2)nn1. The van der Waals surface area contributed by atoms with E-state index < -0.39 is 12.5 Å². The molecule has 2 fully saturated rings. The molecule has 0 aliphatic carbocycles. The van der Waals surface area contributed by atoms with Gasteiger partial charge in [-0.25, -0.2) is 8.78 Å². The average Bonchev–Trinajstić information content (AvgIpc) is 2.97. The maximum absolute atomic E-state index is 13.5. The molecule has 1 unspecified atom stereocenters. The zero-order valence-corrected chi connectivity index (χ0v) is 14.4. The highest BCUT2D eigenvalue weighted by atomic mass is 19.3. The summed E-state index contributed by atoms with van der Waals surface area (Å²) < 4.78 is 32.4. The van der Waals surface area contributed by atoms with Crippen LogP contribution in [0, 0.1) is 18.8 Å². The second kappa shape index (κ2) is 7.59. The van der Waals surface area contributed by atoms with Gasteiger partial charge in [0.05, 0.1) is 18.2 Å². The zero-order valence-electron chi connectivity index (χ0n) is 14.4. The number of carbonyl (C=O) groups is 1. The van der Waals surface area contributed by atoms with Gasteiger partial charge in [0.15, 0.2) is 0 Å². The minimum absolute atomic E-state index is 0.121. The number of anilines is 1. The van der Waals surface area contributed by atoms with E-state index in [1.807, 2.05) is 13.0 Å². The molecule has 0 saturated carbocycles. The minimum Gasteiger partial charge on any atom is -0.381 e. The molecule has 1 amide bonds. The van der Waals surface area contributed by atoms with Crippen LogP contribution in [0.2, 0.25) is 0 Å². The van der Waals surface area contributed by atoms with Gasteiger partial charge in [-0.15, -0.1) is 5.10 Å². The van der Waals surface area contributed by atoms with E-state index in [4.69, 9.17) is 4.74 Å². The number of hydrogen-bond donors (Lipinski definition) is 1. The molecule has 1 N–H and O–H groups in total. The van der Waals surface area contributed by atoms with Crippen LogP contribution >= 0.6 is 0 Å². The number of likely N-dealkylation sites (tertiary alicyclic amines) is 1. The van der Waals surface area contributed by atoms with E-state index in [1.165, 1.54) is 4.90 Å². The molecule has 8 heteroatoms. The van der Waals surface area contributed by atoms with E-state index in [9.17, 15) is 13.6 Å². The summed E-state index contributed by atoms with van der Waals surface area (Å²) in [4.78, 5) is 14.2. The maximum Gasteiger partial charge on any atom is 0.267 e. The first kappa shape index (κ1) is 18.0. The lowest BCUT2D eigenvalue weighted by atomic mass is 9.85. The van der Waals surface area contributed by atoms with Crippen LogP contribution in [-0.4, -0.2) is 59.8 Å². The van der Waals surface area contributed by atoms with Crippen molar-refractivity contribution in [2.75, 3.05) is 38.2 Å². The highest BCUT2D eigenvalue weighted by Crippen LogP contribution is 2.31. The minimum atomic E-state index is -2.77. The maximum atomic E-state index is 13.5. The van der Waals surface area contributed by atoms with E-state index in [2.05, 4.69) is 15.5 Å². The Morgan fingerprint density at radius 1 is 1.40 bits per heavy atom. The summed E-state index contributed by atoms with van der Waals surface area (Å²) in [5.41, 5.74) is 0.807. The van der Waals surface area contributed by atoms with Crippen LogP contribution in [0.5, 0.6) is 0 Å². The number of hydrogen-bond acceptors (Lipinski definition) is 5. The summed E-state index contributed by atoms with van der Waals surface area (Å²) in [6.07, 6.45) is 1.28. The summed E-state index contributed by atoms with van der Waals surface area (Å²) in [7, 11) is 0. The Kier molecular flexibility index (Phi) is 5.46. The quantitative estimate of drug-likeness (QED) is 0.877. The Morgan fingerprint density at radius 3 is 2.76 bits per heavy atom. The summed E-state index contributed by atoms with van der Waals surface area (Å²) in [5.74, 6) is -2.62. The lowest BCUT2D eigenvalue weighted by molar-refractivity contribution is -0.138. The van der Waals surface area contributed by atoms with Crippen LogP contribution in [-0.2, 0) is 9.53 Å². The fourth-order valence-corrected chi connectivity index (χ4v) is 3.44. The predicted octanol–water partition coefficient (Wildman–Crippen LogP) is 2.11. The number of nitrogens with zero attached hydrogens (tertiary/aromatic N) is 3. The Morgan fingerprint density at radius 2 is 2.16 bits per heavy atom. The van der Waals surface area contributed by atoms with Crippen LogP contribution < -0.4 is 5.32 Å². The largest absolute Gasteiger partial charge is 0.381 e. The van der Waals surface area contributed by atoms with Crippen molar-refractivity contribution in [3.8, 4) is 0 Å². The van der Waals surface area contributed by atoms with Gasteiger partial charge in [-0.05, 0) is 37.8 Å². The number of aromatic nitrogens is 2. The van der Waals surface area contributed by atoms with Crippen molar-refractivity contribution in [3.05, 3.63) is 17.8 Å². The first-order valence-electron chi connectivity index (χ1n) is 8.73. The second-order valence-corrected chi connectivity index (χ2v) is 6.86. The van der Waals surface area contributed by atoms with Gasteiger partial charge in [-0.3, -0.25) is 4.79 Å². The lowest BCUT2D eigenvalue weighted by Crippen LogP contribution is -2.43. The molecule has 6 nitrogen and oxygen atoms in total. The van der Waals surface area contributed by atoms with Crippen molar-refractivity contribution in [1.82, 2.24) is 15.1 Å². The van der Waals surface area contributed by atoms with Crippen LogP contribution in [0.3, 0.4) is 0 Å². The Bertz CT molecular complexity index is 591. The van der Waals surface area contributed by atoms with Crippen molar-refractivity contribution in [1.29, 1.82) is 0 Å². The zero-order chi connectivity index (χ0) is 17.9. The van der Waals surface area contributed by atoms with Gasteiger partial charge in [-0.1, -0.05) is 0 Å². The monoisotopic (exact) mass is 354 g/mol. The molecule has 0 spiro atoms. The van der Waals surface area contributed by atoms with Gasteiger partial charge in [0, 0.05) is 32.7 Å². The molecule has 138 valence electrons. The van der Waals surface area contributed by atoms with Gasteiger partial charge in [0.2, 0.25) is 5.91 Å². The standard InChI is InChI=1S/C17H24F2N4O2/c1-12-2-3-15(22-21-12)20-10-14(13-4-8-25-9-5-13)16(24)23-7-6-17(18,19)11-23/h2-3,13-14H,4-11H2,1H3,(H,20,22). The number of halogens is 2. The molecule has 0 bridgehead atoms. The third-order valence-corrected chi connectivity index (χ3v) is 4.93. The number of aryl methyl sites for hydroxylation is 1. The number of amides is 1. The number of rotatable bonds is 5. The molecule has 0 radical (unpaired) electrons. The van der Waals surface area contributed by atoms with Crippen molar-refractivity contribution in [3.63, 3.8) is 0 Å². The van der Waals surface area contributed by atoms with Crippen molar-refractivity contribution in [2.24, 2.45) is 11.8 Å². The van der Waals surface area contributed by atoms with Crippen molar-refractivity contribution in [2.45, 2.75) is 32.1 Å². The Balaban J connectivity index is 1.68. The highest BCUT2D eigenvalue weighted by Gasteiger charge is 2.43. The highest BCUT2D eigenvalue weighted by molar-refractivity contribution is 5.80. The fraction of sp³-hybridized carbons (Fsp3) is 0.706. The number of ether oxygens (including phenoxy) is 1. The predicted molar refractivity (Wildman–Crippen MR) is 88.4 cm³/mol. The van der Waals surface area contributed by atoms with Gasteiger partial charge >= 0.3 is 0 Å². The second-order valence-electron chi connectivity index (χ2n) is 6.86. The first-order chi connectivity index (χ1) is 11.9. The van der Waals surface area contributed by atoms with Gasteiger partial charge in [-0.2, -0.15) is 5.10 Å². The summed E-state index contributed by atoms with van der Waals surface area (Å²) in [5, 5.41) is 11.2. The molecular formula is C17H24F2N4O2. The smallest absolute Gasteiger partial charge is 0.267 e. The molecule has 1 aromatic rings. The average molecular weight is 354 g/mol. The summed E-state index contributed by atoms with van der Waals surface area (Å²) in [6.45, 7) is 3.07. The Hall–Kier alpha value is -1.83. The normalized spacial score (nSPS) is 22.0. The van der Waals surface area contributed by atoms with Crippen LogP contribution in [0.25, 0.3) is 0 Å². The topological polar surface area (TPSA) is 67.4 Å². The molecule has 3 rings (SSSR count). The molecule has 2 saturated heterocycles. The van der Waals surface area contributed by atoms with Crippen LogP contribution in [0.4, 0.5) is 14.6 Å². The van der Waals surface area contributed by atoms with Crippen LogP contribution in [0.1, 0.15) is 25.0 Å². The summed E-state index contributed by atoms with van der Waals surface area (Å²) in [6, 6.07) is 3.64. The molecular weight excluding hydrogens is 330 g/mol. The van der Waals surface area contributed by atoms with Gasteiger partial charge in [0.25, 0.3) is 5.92 Å². The number of carbonyl (C=O) groups excluding carboxylic acids is 1. The van der Waals surface area contributed by atoms with E-state index in [1.54, 1.807) is 6.07 Å². The fourth-order valence-electron chi connectivity index (χ4n) is 3.44. The lowest BCUT2D eigenvalue weighted by Gasteiger charge is -2.32. The van der Waals surface area contributed by atoms with Crippen molar-refractivity contribution < 1.29 is 18.3 Å². The van der Waals surface area contributed by atoms with E-state index in [0.717, 1.165) is 18.5 Å². The molecule has 0 aromatic carbocycles. The molecule has 25 heavy (non-hydrogen) atoms.